The molecule has 3 rings (SSSR count). The number of β-amino-alcohol motifs (C(OH)–C–C–N with tert-alkyl or cyclic N) is 1. The second-order valence-electron chi connectivity index (χ2n) is 7.68. The number of carbonyl (C=O) groups is 1. The van der Waals surface area contributed by atoms with Crippen molar-refractivity contribution in [3.63, 3.8) is 0 Å². The molecule has 7 heteroatoms. The summed E-state index contributed by atoms with van der Waals surface area (Å²) >= 11 is 0. The molecule has 1 unspecified atom stereocenters. The van der Waals surface area contributed by atoms with Crippen LogP contribution in [-0.4, -0.2) is 58.1 Å². The van der Waals surface area contributed by atoms with Gasteiger partial charge in [0.25, 0.3) is 0 Å². The molecule has 0 radical (unpaired) electrons. The van der Waals surface area contributed by atoms with E-state index in [0.29, 0.717) is 18.3 Å². The maximum atomic E-state index is 12.1. The van der Waals surface area contributed by atoms with E-state index in [4.69, 9.17) is 0 Å². The molecule has 3 N–H and O–H groups in total. The molecule has 0 spiro atoms. The van der Waals surface area contributed by atoms with Gasteiger partial charge in [0.05, 0.1) is 11.8 Å². The van der Waals surface area contributed by atoms with Crippen LogP contribution in [0.1, 0.15) is 50.6 Å². The lowest BCUT2D eigenvalue weighted by molar-refractivity contribution is 0.0924. The maximum Gasteiger partial charge on any atom is 0.320 e. The first kappa shape index (κ1) is 18.2. The molecule has 1 aliphatic heterocycles. The molecule has 0 aromatic carbocycles. The van der Waals surface area contributed by atoms with Gasteiger partial charge in [0, 0.05) is 32.1 Å². The van der Waals surface area contributed by atoms with Crippen molar-refractivity contribution < 1.29 is 9.90 Å². The van der Waals surface area contributed by atoms with Gasteiger partial charge in [0.2, 0.25) is 0 Å². The minimum atomic E-state index is -0.545. The van der Waals surface area contributed by atoms with Gasteiger partial charge >= 0.3 is 6.03 Å². The zero-order valence-corrected chi connectivity index (χ0v) is 15.4. The summed E-state index contributed by atoms with van der Waals surface area (Å²) in [7, 11) is 1.84. The van der Waals surface area contributed by atoms with Gasteiger partial charge in [-0.25, -0.2) is 4.79 Å². The average Bonchev–Trinajstić information content (AvgIpc) is 2.86. The lowest BCUT2D eigenvalue weighted by atomic mass is 9.83. The summed E-state index contributed by atoms with van der Waals surface area (Å²) in [5.74, 6) is 2.01. The minimum Gasteiger partial charge on any atom is -0.390 e. The molecule has 2 amide bonds. The summed E-state index contributed by atoms with van der Waals surface area (Å²) in [6, 6.07) is 1.66. The first-order chi connectivity index (χ1) is 12.0. The summed E-state index contributed by atoms with van der Waals surface area (Å²) in [5.41, 5.74) is 1.06. The van der Waals surface area contributed by atoms with E-state index in [2.05, 4.69) is 27.6 Å². The number of aryl methyl sites for hydroxylation is 1. The van der Waals surface area contributed by atoms with E-state index < -0.39 is 6.10 Å². The molecule has 2 heterocycles. The molecule has 0 bridgehead atoms. The summed E-state index contributed by atoms with van der Waals surface area (Å²) in [4.78, 5) is 14.4. The third-order valence-electron chi connectivity index (χ3n) is 5.51. The SMILES string of the molecule is CC1CCN(CC(O)CNC(=O)Nc2cc(C3CCC3)nn2C)CC1. The Balaban J connectivity index is 1.39. The number of hydrogen-bond donors (Lipinski definition) is 3. The smallest absolute Gasteiger partial charge is 0.320 e. The number of piperidine rings is 1. The van der Waals surface area contributed by atoms with Gasteiger partial charge in [-0.3, -0.25) is 10.00 Å². The van der Waals surface area contributed by atoms with Crippen LogP contribution in [0.4, 0.5) is 10.6 Å². The third kappa shape index (κ3) is 4.95. The molecule has 1 atom stereocenters. The van der Waals surface area contributed by atoms with E-state index in [0.717, 1.165) is 24.7 Å². The number of anilines is 1. The van der Waals surface area contributed by atoms with Crippen LogP contribution in [0.25, 0.3) is 0 Å². The number of amides is 2. The minimum absolute atomic E-state index is 0.255. The second kappa shape index (κ2) is 8.19. The standard InChI is InChI=1S/C18H31N5O2/c1-13-6-8-23(9-7-13)12-15(24)11-19-18(25)20-17-10-16(21-22(17)2)14-4-3-5-14/h10,13-15,24H,3-9,11-12H2,1-2H3,(H2,19,20,25). The van der Waals surface area contributed by atoms with Gasteiger partial charge in [0.15, 0.2) is 0 Å². The van der Waals surface area contributed by atoms with Gasteiger partial charge in [0.1, 0.15) is 5.82 Å². The number of aliphatic hydroxyl groups is 1. The van der Waals surface area contributed by atoms with Gasteiger partial charge in [-0.1, -0.05) is 13.3 Å². The first-order valence-corrected chi connectivity index (χ1v) is 9.50. The van der Waals surface area contributed by atoms with Crippen molar-refractivity contribution in [1.29, 1.82) is 0 Å². The normalized spacial score (nSPS) is 20.9. The van der Waals surface area contributed by atoms with Crippen LogP contribution in [0.15, 0.2) is 6.07 Å². The van der Waals surface area contributed by atoms with Gasteiger partial charge in [-0.15, -0.1) is 0 Å². The zero-order valence-electron chi connectivity index (χ0n) is 15.4. The zero-order chi connectivity index (χ0) is 17.8. The molecular formula is C18H31N5O2. The Hall–Kier alpha value is -1.60. The maximum absolute atomic E-state index is 12.1. The number of aromatic nitrogens is 2. The predicted molar refractivity (Wildman–Crippen MR) is 97.7 cm³/mol. The van der Waals surface area contributed by atoms with Crippen LogP contribution < -0.4 is 10.6 Å². The van der Waals surface area contributed by atoms with E-state index in [9.17, 15) is 9.90 Å². The summed E-state index contributed by atoms with van der Waals surface area (Å²) in [5, 5.41) is 20.2. The van der Waals surface area contributed by atoms with Crippen LogP contribution in [-0.2, 0) is 7.05 Å². The summed E-state index contributed by atoms with van der Waals surface area (Å²) < 4.78 is 1.71. The fraction of sp³-hybridized carbons (Fsp3) is 0.778. The average molecular weight is 349 g/mol. The highest BCUT2D eigenvalue weighted by Gasteiger charge is 2.23. The topological polar surface area (TPSA) is 82.4 Å². The fourth-order valence-electron chi connectivity index (χ4n) is 3.49. The Morgan fingerprint density at radius 2 is 2.08 bits per heavy atom. The number of aliphatic hydroxyl groups excluding tert-OH is 1. The highest BCUT2D eigenvalue weighted by molar-refractivity contribution is 5.88. The predicted octanol–water partition coefficient (Wildman–Crippen LogP) is 1.90. The molecule has 7 nitrogen and oxygen atoms in total. The molecule has 1 aromatic rings. The van der Waals surface area contributed by atoms with Crippen molar-refractivity contribution in [3.8, 4) is 0 Å². The van der Waals surface area contributed by atoms with E-state index in [1.807, 2.05) is 13.1 Å². The fourth-order valence-corrected chi connectivity index (χ4v) is 3.49. The quantitative estimate of drug-likeness (QED) is 0.733. The van der Waals surface area contributed by atoms with Crippen molar-refractivity contribution in [2.45, 2.75) is 51.0 Å². The highest BCUT2D eigenvalue weighted by Crippen LogP contribution is 2.36. The molecule has 1 saturated heterocycles. The number of nitrogens with one attached hydrogen (secondary N) is 2. The number of nitrogens with zero attached hydrogens (tertiary/aromatic N) is 3. The van der Waals surface area contributed by atoms with E-state index in [-0.39, 0.29) is 12.6 Å². The van der Waals surface area contributed by atoms with Crippen molar-refractivity contribution >= 4 is 11.8 Å². The Morgan fingerprint density at radius 3 is 2.72 bits per heavy atom. The molecule has 25 heavy (non-hydrogen) atoms. The monoisotopic (exact) mass is 349 g/mol. The van der Waals surface area contributed by atoms with Gasteiger partial charge < -0.3 is 15.3 Å². The van der Waals surface area contributed by atoms with Crippen LogP contribution in [0.3, 0.4) is 0 Å². The molecule has 2 aliphatic rings. The van der Waals surface area contributed by atoms with Crippen LogP contribution >= 0.6 is 0 Å². The molecule has 2 fully saturated rings. The third-order valence-corrected chi connectivity index (χ3v) is 5.51. The Bertz CT molecular complexity index is 576. The van der Waals surface area contributed by atoms with Crippen LogP contribution in [0, 0.1) is 5.92 Å². The Morgan fingerprint density at radius 1 is 1.36 bits per heavy atom. The summed E-state index contributed by atoms with van der Waals surface area (Å²) in [6.07, 6.45) is 5.46. The van der Waals surface area contributed by atoms with Crippen molar-refractivity contribution in [3.05, 3.63) is 11.8 Å². The van der Waals surface area contributed by atoms with E-state index >= 15 is 0 Å². The van der Waals surface area contributed by atoms with E-state index in [1.54, 1.807) is 4.68 Å². The van der Waals surface area contributed by atoms with Crippen LogP contribution in [0.2, 0.25) is 0 Å². The number of carbonyl (C=O) groups excluding carboxylic acids is 1. The molecule has 1 aliphatic carbocycles. The largest absolute Gasteiger partial charge is 0.390 e. The molecular weight excluding hydrogens is 318 g/mol. The van der Waals surface area contributed by atoms with Crippen molar-refractivity contribution in [2.24, 2.45) is 13.0 Å². The van der Waals surface area contributed by atoms with E-state index in [1.165, 1.54) is 32.1 Å². The molecule has 1 aromatic heterocycles. The summed E-state index contributed by atoms with van der Waals surface area (Å²) in [6.45, 7) is 5.21. The molecule has 1 saturated carbocycles. The number of likely N-dealkylation sites (tertiary alicyclic amines) is 1. The lowest BCUT2D eigenvalue weighted by Crippen LogP contribution is -2.43. The molecule has 140 valence electrons. The number of urea groups is 1. The number of rotatable bonds is 6. The number of hydrogen-bond acceptors (Lipinski definition) is 4. The van der Waals surface area contributed by atoms with Crippen LogP contribution in [0.5, 0.6) is 0 Å². The van der Waals surface area contributed by atoms with Crippen molar-refractivity contribution in [2.75, 3.05) is 31.5 Å². The van der Waals surface area contributed by atoms with Crippen molar-refractivity contribution in [1.82, 2.24) is 20.0 Å². The van der Waals surface area contributed by atoms with Gasteiger partial charge in [-0.2, -0.15) is 5.10 Å². The second-order valence-corrected chi connectivity index (χ2v) is 7.68. The highest BCUT2D eigenvalue weighted by atomic mass is 16.3. The Labute approximate surface area is 149 Å². The van der Waals surface area contributed by atoms with Gasteiger partial charge in [-0.05, 0) is 44.7 Å². The first-order valence-electron chi connectivity index (χ1n) is 9.50. The lowest BCUT2D eigenvalue weighted by Gasteiger charge is -2.31. The Kier molecular flexibility index (Phi) is 5.96.